The molecule has 1 saturated heterocycles. The second kappa shape index (κ2) is 6.85. The van der Waals surface area contributed by atoms with Crippen molar-refractivity contribution in [2.75, 3.05) is 26.7 Å². The first-order chi connectivity index (χ1) is 9.35. The van der Waals surface area contributed by atoms with Crippen LogP contribution in [0.1, 0.15) is 6.42 Å². The SMILES string of the molecule is CNC(=O)NC(=O)CN1CCC(C(=O)O)C(C(=O)O)C1. The summed E-state index contributed by atoms with van der Waals surface area (Å²) in [5.41, 5.74) is 0. The fourth-order valence-electron chi connectivity index (χ4n) is 2.14. The Morgan fingerprint density at radius 2 is 1.75 bits per heavy atom. The minimum absolute atomic E-state index is 0.0343. The second-order valence-electron chi connectivity index (χ2n) is 4.54. The van der Waals surface area contributed by atoms with Gasteiger partial charge in [0.2, 0.25) is 5.91 Å². The second-order valence-corrected chi connectivity index (χ2v) is 4.54. The first kappa shape index (κ1) is 15.9. The molecule has 0 aromatic carbocycles. The number of nitrogens with zero attached hydrogens (tertiary/aromatic N) is 1. The maximum atomic E-state index is 11.5. The summed E-state index contributed by atoms with van der Waals surface area (Å²) in [6.45, 7) is 0.110. The van der Waals surface area contributed by atoms with Crippen LogP contribution in [0.5, 0.6) is 0 Å². The lowest BCUT2D eigenvalue weighted by Crippen LogP contribution is -2.50. The lowest BCUT2D eigenvalue weighted by Gasteiger charge is -2.33. The molecular formula is C11H17N3O6. The van der Waals surface area contributed by atoms with Crippen molar-refractivity contribution < 1.29 is 29.4 Å². The van der Waals surface area contributed by atoms with Crippen molar-refractivity contribution in [3.63, 3.8) is 0 Å². The molecule has 2 atom stereocenters. The van der Waals surface area contributed by atoms with Crippen molar-refractivity contribution in [3.05, 3.63) is 0 Å². The molecule has 0 saturated carbocycles. The molecule has 0 aromatic heterocycles. The van der Waals surface area contributed by atoms with Crippen molar-refractivity contribution in [2.45, 2.75) is 6.42 Å². The summed E-state index contributed by atoms with van der Waals surface area (Å²) in [6, 6.07) is -0.648. The normalized spacial score (nSPS) is 22.9. The standard InChI is InChI=1S/C11H17N3O6/c1-12-11(20)13-8(15)5-14-3-2-6(9(16)17)7(4-14)10(18)19/h6-7H,2-5H2,1H3,(H,16,17)(H,18,19)(H2,12,13,15,20). The van der Waals surface area contributed by atoms with Crippen molar-refractivity contribution in [1.82, 2.24) is 15.5 Å². The molecule has 1 heterocycles. The quantitative estimate of drug-likeness (QED) is 0.496. The molecule has 0 spiro atoms. The number of likely N-dealkylation sites (tertiary alicyclic amines) is 1. The van der Waals surface area contributed by atoms with Crippen molar-refractivity contribution in [2.24, 2.45) is 11.8 Å². The van der Waals surface area contributed by atoms with Crippen LogP contribution in [-0.2, 0) is 14.4 Å². The third-order valence-corrected chi connectivity index (χ3v) is 3.18. The number of nitrogens with one attached hydrogen (secondary N) is 2. The van der Waals surface area contributed by atoms with Gasteiger partial charge in [0.1, 0.15) is 0 Å². The fraction of sp³-hybridized carbons (Fsp3) is 0.636. The third-order valence-electron chi connectivity index (χ3n) is 3.18. The van der Waals surface area contributed by atoms with E-state index in [1.54, 1.807) is 0 Å². The van der Waals surface area contributed by atoms with E-state index in [-0.39, 0.29) is 19.5 Å². The Labute approximate surface area is 114 Å². The van der Waals surface area contributed by atoms with Crippen LogP contribution in [0.4, 0.5) is 4.79 Å². The van der Waals surface area contributed by atoms with Gasteiger partial charge in [-0.25, -0.2) is 4.79 Å². The molecule has 1 aliphatic heterocycles. The third kappa shape index (κ3) is 4.19. The number of piperidine rings is 1. The Kier molecular flexibility index (Phi) is 5.44. The Bertz CT molecular complexity index is 424. The largest absolute Gasteiger partial charge is 0.481 e. The van der Waals surface area contributed by atoms with E-state index in [0.717, 1.165) is 0 Å². The number of imide groups is 1. The molecule has 3 amide bonds. The van der Waals surface area contributed by atoms with Gasteiger partial charge in [0.15, 0.2) is 0 Å². The summed E-state index contributed by atoms with van der Waals surface area (Å²) in [7, 11) is 1.36. The van der Waals surface area contributed by atoms with Gasteiger partial charge >= 0.3 is 18.0 Å². The van der Waals surface area contributed by atoms with Gasteiger partial charge in [-0.15, -0.1) is 0 Å². The van der Waals surface area contributed by atoms with Crippen molar-refractivity contribution in [3.8, 4) is 0 Å². The van der Waals surface area contributed by atoms with E-state index in [2.05, 4.69) is 10.6 Å². The van der Waals surface area contributed by atoms with Gasteiger partial charge in [-0.2, -0.15) is 0 Å². The first-order valence-electron chi connectivity index (χ1n) is 6.04. The van der Waals surface area contributed by atoms with Gasteiger partial charge < -0.3 is 15.5 Å². The van der Waals surface area contributed by atoms with Gasteiger partial charge in [-0.3, -0.25) is 24.6 Å². The van der Waals surface area contributed by atoms with E-state index >= 15 is 0 Å². The van der Waals surface area contributed by atoms with Crippen molar-refractivity contribution >= 4 is 23.9 Å². The highest BCUT2D eigenvalue weighted by atomic mass is 16.4. The molecule has 1 rings (SSSR count). The molecule has 9 nitrogen and oxygen atoms in total. The highest BCUT2D eigenvalue weighted by Gasteiger charge is 2.39. The number of amides is 3. The number of hydrogen-bond acceptors (Lipinski definition) is 5. The summed E-state index contributed by atoms with van der Waals surface area (Å²) in [4.78, 5) is 46.0. The molecule has 1 fully saturated rings. The van der Waals surface area contributed by atoms with E-state index in [0.29, 0.717) is 6.54 Å². The highest BCUT2D eigenvalue weighted by Crippen LogP contribution is 2.24. The lowest BCUT2D eigenvalue weighted by atomic mass is 9.85. The summed E-state index contributed by atoms with van der Waals surface area (Å²) < 4.78 is 0. The number of rotatable bonds is 4. The van der Waals surface area contributed by atoms with Crippen LogP contribution >= 0.6 is 0 Å². The lowest BCUT2D eigenvalue weighted by molar-refractivity contribution is -0.157. The summed E-state index contributed by atoms with van der Waals surface area (Å²) in [5.74, 6) is -4.93. The number of carboxylic acid groups (broad SMARTS) is 2. The monoisotopic (exact) mass is 287 g/mol. The molecule has 0 bridgehead atoms. The minimum Gasteiger partial charge on any atom is -0.481 e. The number of carbonyl (C=O) groups is 4. The van der Waals surface area contributed by atoms with Crippen LogP contribution in [0, 0.1) is 11.8 Å². The molecular weight excluding hydrogens is 270 g/mol. The van der Waals surface area contributed by atoms with E-state index in [4.69, 9.17) is 10.2 Å². The molecule has 20 heavy (non-hydrogen) atoms. The average Bonchev–Trinajstić information content (AvgIpc) is 2.37. The Hall–Kier alpha value is -2.16. The van der Waals surface area contributed by atoms with Gasteiger partial charge in [0.05, 0.1) is 18.4 Å². The number of aliphatic carboxylic acids is 2. The van der Waals surface area contributed by atoms with Crippen LogP contribution in [0.2, 0.25) is 0 Å². The van der Waals surface area contributed by atoms with E-state index in [9.17, 15) is 19.2 Å². The molecule has 2 unspecified atom stereocenters. The molecule has 0 aliphatic carbocycles. The fourth-order valence-corrected chi connectivity index (χ4v) is 2.14. The highest BCUT2D eigenvalue weighted by molar-refractivity contribution is 5.95. The van der Waals surface area contributed by atoms with E-state index in [1.807, 2.05) is 0 Å². The molecule has 112 valence electrons. The van der Waals surface area contributed by atoms with Crippen LogP contribution in [0.15, 0.2) is 0 Å². The predicted octanol–water partition coefficient (Wildman–Crippen LogP) is -1.45. The maximum Gasteiger partial charge on any atom is 0.321 e. The molecule has 4 N–H and O–H groups in total. The van der Waals surface area contributed by atoms with Gasteiger partial charge in [0.25, 0.3) is 0 Å². The Morgan fingerprint density at radius 3 is 2.25 bits per heavy atom. The Balaban J connectivity index is 2.58. The summed E-state index contributed by atoms with van der Waals surface area (Å²) in [5, 5.41) is 22.3. The van der Waals surface area contributed by atoms with Crippen LogP contribution < -0.4 is 10.6 Å². The molecule has 0 aromatic rings. The minimum atomic E-state index is -1.20. The average molecular weight is 287 g/mol. The first-order valence-corrected chi connectivity index (χ1v) is 6.04. The van der Waals surface area contributed by atoms with E-state index in [1.165, 1.54) is 11.9 Å². The number of carbonyl (C=O) groups excluding carboxylic acids is 2. The zero-order chi connectivity index (χ0) is 15.3. The van der Waals surface area contributed by atoms with Gasteiger partial charge in [-0.1, -0.05) is 0 Å². The molecule has 0 radical (unpaired) electrons. The molecule has 1 aliphatic rings. The number of carboxylic acids is 2. The smallest absolute Gasteiger partial charge is 0.321 e. The topological polar surface area (TPSA) is 136 Å². The Morgan fingerprint density at radius 1 is 1.15 bits per heavy atom. The summed E-state index contributed by atoms with van der Waals surface area (Å²) >= 11 is 0. The number of urea groups is 1. The van der Waals surface area contributed by atoms with Gasteiger partial charge in [-0.05, 0) is 13.0 Å². The van der Waals surface area contributed by atoms with E-state index < -0.39 is 35.7 Å². The molecule has 9 heteroatoms. The zero-order valence-electron chi connectivity index (χ0n) is 11.0. The van der Waals surface area contributed by atoms with Crippen LogP contribution in [0.3, 0.4) is 0 Å². The maximum absolute atomic E-state index is 11.5. The number of hydrogen-bond donors (Lipinski definition) is 4. The van der Waals surface area contributed by atoms with Crippen LogP contribution in [0.25, 0.3) is 0 Å². The summed E-state index contributed by atoms with van der Waals surface area (Å²) in [6.07, 6.45) is 0.152. The van der Waals surface area contributed by atoms with Crippen molar-refractivity contribution in [1.29, 1.82) is 0 Å². The zero-order valence-corrected chi connectivity index (χ0v) is 11.0. The van der Waals surface area contributed by atoms with Gasteiger partial charge in [0, 0.05) is 13.6 Å². The predicted molar refractivity (Wildman–Crippen MR) is 65.9 cm³/mol. The van der Waals surface area contributed by atoms with Crippen LogP contribution in [-0.4, -0.2) is 65.7 Å².